The van der Waals surface area contributed by atoms with Gasteiger partial charge in [-0.05, 0) is 19.7 Å². The van der Waals surface area contributed by atoms with Crippen LogP contribution in [0.1, 0.15) is 11.6 Å². The van der Waals surface area contributed by atoms with Crippen molar-refractivity contribution in [2.45, 2.75) is 6.04 Å². The van der Waals surface area contributed by atoms with Gasteiger partial charge < -0.3 is 9.80 Å². The van der Waals surface area contributed by atoms with Gasteiger partial charge in [0.15, 0.2) is 5.13 Å². The van der Waals surface area contributed by atoms with E-state index in [2.05, 4.69) is 9.88 Å². The van der Waals surface area contributed by atoms with E-state index < -0.39 is 0 Å². The summed E-state index contributed by atoms with van der Waals surface area (Å²) in [6.45, 7) is 3.17. The third kappa shape index (κ3) is 3.54. The maximum Gasteiger partial charge on any atom is 0.244 e. The summed E-state index contributed by atoms with van der Waals surface area (Å²) in [5, 5.41) is 3.04. The zero-order valence-corrected chi connectivity index (χ0v) is 14.4. The maximum absolute atomic E-state index is 13.0. The number of thiazole rings is 1. The van der Waals surface area contributed by atoms with Crippen molar-refractivity contribution in [2.24, 2.45) is 0 Å². The Labute approximate surface area is 141 Å². The van der Waals surface area contributed by atoms with E-state index in [-0.39, 0.29) is 11.9 Å². The van der Waals surface area contributed by atoms with Crippen molar-refractivity contribution in [1.29, 1.82) is 0 Å². The van der Waals surface area contributed by atoms with Gasteiger partial charge >= 0.3 is 0 Å². The molecule has 1 aromatic heterocycles. The van der Waals surface area contributed by atoms with Crippen molar-refractivity contribution in [2.75, 3.05) is 45.2 Å². The molecule has 0 N–H and O–H groups in total. The van der Waals surface area contributed by atoms with Crippen LogP contribution < -0.4 is 4.90 Å². The van der Waals surface area contributed by atoms with Gasteiger partial charge in [-0.15, -0.1) is 11.3 Å². The molecular weight excluding hydrogens is 308 g/mol. The summed E-state index contributed by atoms with van der Waals surface area (Å²) in [4.78, 5) is 23.6. The second-order valence-electron chi connectivity index (χ2n) is 5.90. The number of carbonyl (C=O) groups is 1. The van der Waals surface area contributed by atoms with Gasteiger partial charge in [0.1, 0.15) is 6.04 Å². The minimum Gasteiger partial charge on any atom is -0.345 e. The van der Waals surface area contributed by atoms with Gasteiger partial charge in [-0.25, -0.2) is 4.98 Å². The Morgan fingerprint density at radius 2 is 1.87 bits per heavy atom. The molecule has 0 aliphatic carbocycles. The second-order valence-corrected chi connectivity index (χ2v) is 6.78. The van der Waals surface area contributed by atoms with E-state index in [0.29, 0.717) is 0 Å². The molecule has 0 unspecified atom stereocenters. The summed E-state index contributed by atoms with van der Waals surface area (Å²) < 4.78 is 0. The highest BCUT2D eigenvalue weighted by Gasteiger charge is 2.30. The average Bonchev–Trinajstić information content (AvgIpc) is 3.10. The molecule has 122 valence electrons. The molecule has 23 heavy (non-hydrogen) atoms. The van der Waals surface area contributed by atoms with Crippen LogP contribution in [0.3, 0.4) is 0 Å². The fourth-order valence-electron chi connectivity index (χ4n) is 2.96. The van der Waals surface area contributed by atoms with Crippen molar-refractivity contribution in [3.63, 3.8) is 0 Å². The molecule has 2 heterocycles. The number of rotatable bonds is 4. The van der Waals surface area contributed by atoms with E-state index in [0.717, 1.165) is 36.9 Å². The number of aromatic nitrogens is 1. The molecule has 1 aromatic carbocycles. The first-order valence-corrected chi connectivity index (χ1v) is 8.69. The van der Waals surface area contributed by atoms with Crippen LogP contribution in [0.15, 0.2) is 41.9 Å². The van der Waals surface area contributed by atoms with Crippen molar-refractivity contribution >= 4 is 22.4 Å². The van der Waals surface area contributed by atoms with Crippen LogP contribution in [0.4, 0.5) is 5.13 Å². The highest BCUT2D eigenvalue weighted by Crippen LogP contribution is 2.23. The normalized spacial score (nSPS) is 16.7. The molecule has 1 aliphatic heterocycles. The molecule has 3 rings (SSSR count). The summed E-state index contributed by atoms with van der Waals surface area (Å²) in [5.74, 6) is 0.181. The molecule has 1 fully saturated rings. The van der Waals surface area contributed by atoms with Crippen molar-refractivity contribution < 1.29 is 4.79 Å². The third-order valence-corrected chi connectivity index (χ3v) is 4.98. The first kappa shape index (κ1) is 16.0. The third-order valence-electron chi connectivity index (χ3n) is 4.15. The van der Waals surface area contributed by atoms with E-state index >= 15 is 0 Å². The number of benzene rings is 1. The van der Waals surface area contributed by atoms with Gasteiger partial charge in [0.25, 0.3) is 0 Å². The Kier molecular flexibility index (Phi) is 4.93. The van der Waals surface area contributed by atoms with Gasteiger partial charge in [-0.1, -0.05) is 30.3 Å². The van der Waals surface area contributed by atoms with E-state index in [1.807, 2.05) is 65.8 Å². The van der Waals surface area contributed by atoms with Crippen LogP contribution >= 0.6 is 11.3 Å². The predicted molar refractivity (Wildman–Crippen MR) is 93.8 cm³/mol. The molecule has 1 amide bonds. The lowest BCUT2D eigenvalue weighted by atomic mass is 10.0. The van der Waals surface area contributed by atoms with E-state index in [4.69, 9.17) is 0 Å². The Morgan fingerprint density at radius 3 is 2.43 bits per heavy atom. The largest absolute Gasteiger partial charge is 0.345 e. The Balaban J connectivity index is 1.68. The summed E-state index contributed by atoms with van der Waals surface area (Å²) in [6, 6.07) is 9.78. The Morgan fingerprint density at radius 1 is 1.17 bits per heavy atom. The number of hydrogen-bond donors (Lipinski definition) is 0. The summed E-state index contributed by atoms with van der Waals surface area (Å²) in [6.07, 6.45) is 1.83. The van der Waals surface area contributed by atoms with Crippen molar-refractivity contribution in [1.82, 2.24) is 14.8 Å². The number of hydrogen-bond acceptors (Lipinski definition) is 5. The fourth-order valence-corrected chi connectivity index (χ4v) is 3.66. The number of carbonyl (C=O) groups excluding carboxylic acids is 1. The number of amides is 1. The van der Waals surface area contributed by atoms with Crippen LogP contribution in [0.25, 0.3) is 0 Å². The molecule has 0 radical (unpaired) electrons. The summed E-state index contributed by atoms with van der Waals surface area (Å²) in [7, 11) is 3.92. The van der Waals surface area contributed by atoms with Crippen LogP contribution in [-0.4, -0.2) is 61.0 Å². The molecule has 6 heteroatoms. The molecule has 5 nitrogen and oxygen atoms in total. The molecule has 2 aromatic rings. The standard InChI is InChI=1S/C17H22N4OS/c1-19(2)15(14-6-4-3-5-7-14)16(22)20-9-11-21(12-10-20)17-18-8-13-23-17/h3-8,13,15H,9-12H2,1-2H3/t15-/m0/s1. The minimum atomic E-state index is -0.220. The average molecular weight is 330 g/mol. The fraction of sp³-hybridized carbons (Fsp3) is 0.412. The van der Waals surface area contributed by atoms with Crippen LogP contribution in [0.2, 0.25) is 0 Å². The molecule has 1 atom stereocenters. The number of anilines is 1. The van der Waals surface area contributed by atoms with E-state index in [1.54, 1.807) is 11.3 Å². The maximum atomic E-state index is 13.0. The second kappa shape index (κ2) is 7.10. The van der Waals surface area contributed by atoms with Crippen LogP contribution in [-0.2, 0) is 4.79 Å². The topological polar surface area (TPSA) is 39.7 Å². The quantitative estimate of drug-likeness (QED) is 0.861. The number of nitrogens with zero attached hydrogens (tertiary/aromatic N) is 4. The molecule has 0 bridgehead atoms. The number of likely N-dealkylation sites (N-methyl/N-ethyl adjacent to an activating group) is 1. The van der Waals surface area contributed by atoms with Crippen molar-refractivity contribution in [3.05, 3.63) is 47.5 Å². The van der Waals surface area contributed by atoms with Crippen LogP contribution in [0, 0.1) is 0 Å². The Bertz CT molecular complexity index is 621. The Hall–Kier alpha value is -1.92. The van der Waals surface area contributed by atoms with Gasteiger partial charge in [0, 0.05) is 37.8 Å². The lowest BCUT2D eigenvalue weighted by Gasteiger charge is -2.37. The zero-order chi connectivity index (χ0) is 16.2. The van der Waals surface area contributed by atoms with Gasteiger partial charge in [-0.3, -0.25) is 9.69 Å². The molecule has 0 spiro atoms. The van der Waals surface area contributed by atoms with Gasteiger partial charge in [-0.2, -0.15) is 0 Å². The highest BCUT2D eigenvalue weighted by molar-refractivity contribution is 7.13. The predicted octanol–water partition coefficient (Wildman–Crippen LogP) is 2.09. The lowest BCUT2D eigenvalue weighted by molar-refractivity contribution is -0.136. The minimum absolute atomic E-state index is 0.181. The van der Waals surface area contributed by atoms with E-state index in [1.165, 1.54) is 0 Å². The first-order valence-electron chi connectivity index (χ1n) is 7.81. The molecule has 1 aliphatic rings. The van der Waals surface area contributed by atoms with Crippen LogP contribution in [0.5, 0.6) is 0 Å². The SMILES string of the molecule is CN(C)[C@H](C(=O)N1CCN(c2nccs2)CC1)c1ccccc1. The first-order chi connectivity index (χ1) is 11.2. The monoisotopic (exact) mass is 330 g/mol. The number of piperazine rings is 1. The van der Waals surface area contributed by atoms with Crippen molar-refractivity contribution in [3.8, 4) is 0 Å². The molecule has 0 saturated carbocycles. The zero-order valence-electron chi connectivity index (χ0n) is 13.6. The molecular formula is C17H22N4OS. The lowest BCUT2D eigenvalue weighted by Crippen LogP contribution is -2.51. The van der Waals surface area contributed by atoms with Gasteiger partial charge in [0.05, 0.1) is 0 Å². The molecule has 1 saturated heterocycles. The highest BCUT2D eigenvalue weighted by atomic mass is 32.1. The summed E-state index contributed by atoms with van der Waals surface area (Å²) in [5.41, 5.74) is 1.05. The summed E-state index contributed by atoms with van der Waals surface area (Å²) >= 11 is 1.65. The van der Waals surface area contributed by atoms with Gasteiger partial charge in [0.2, 0.25) is 5.91 Å². The smallest absolute Gasteiger partial charge is 0.244 e. The van der Waals surface area contributed by atoms with E-state index in [9.17, 15) is 4.79 Å².